The molecule has 2 amide bonds. The van der Waals surface area contributed by atoms with E-state index in [1.807, 2.05) is 30.0 Å². The maximum Gasteiger partial charge on any atom is 0.417 e. The lowest BCUT2D eigenvalue weighted by molar-refractivity contribution is -0.137. The molecular weight excluding hydrogens is 457 g/mol. The van der Waals surface area contributed by atoms with E-state index in [1.54, 1.807) is 24.1 Å². The number of piperidine rings is 1. The van der Waals surface area contributed by atoms with Crippen molar-refractivity contribution < 1.29 is 22.8 Å². The second-order valence-electron chi connectivity index (χ2n) is 9.41. The zero-order valence-electron chi connectivity index (χ0n) is 19.7. The number of nitrogens with one attached hydrogen (secondary N) is 1. The van der Waals surface area contributed by atoms with E-state index in [4.69, 9.17) is 5.26 Å². The molecule has 0 bridgehead atoms. The molecule has 1 N–H and O–H groups in total. The van der Waals surface area contributed by atoms with Crippen LogP contribution < -0.4 is 10.2 Å². The van der Waals surface area contributed by atoms with Gasteiger partial charge in [-0.25, -0.2) is 0 Å². The molecule has 1 spiro atoms. The predicted molar refractivity (Wildman–Crippen MR) is 125 cm³/mol. The molecule has 2 aliphatic rings. The Morgan fingerprint density at radius 1 is 1.14 bits per heavy atom. The third-order valence-corrected chi connectivity index (χ3v) is 7.32. The largest absolute Gasteiger partial charge is 0.417 e. The van der Waals surface area contributed by atoms with Gasteiger partial charge in [0.05, 0.1) is 23.1 Å². The molecular formula is C26H27F3N4O2. The Kier molecular flexibility index (Phi) is 6.50. The number of hydrogen-bond donors (Lipinski definition) is 1. The zero-order chi connectivity index (χ0) is 25.4. The van der Waals surface area contributed by atoms with Gasteiger partial charge in [0.2, 0.25) is 5.91 Å². The molecule has 1 unspecified atom stereocenters. The number of halogens is 3. The molecule has 0 aliphatic carbocycles. The third kappa shape index (κ3) is 4.70. The molecule has 6 nitrogen and oxygen atoms in total. The molecule has 2 fully saturated rings. The molecule has 2 saturated heterocycles. The van der Waals surface area contributed by atoms with Crippen LogP contribution in [0.2, 0.25) is 0 Å². The van der Waals surface area contributed by atoms with E-state index in [9.17, 15) is 22.8 Å². The van der Waals surface area contributed by atoms with Crippen LogP contribution in [0.4, 0.5) is 18.9 Å². The number of carbonyl (C=O) groups is 2. The molecule has 2 aromatic rings. The minimum Gasteiger partial charge on any atom is -0.371 e. The minimum absolute atomic E-state index is 0.121. The van der Waals surface area contributed by atoms with E-state index in [0.717, 1.165) is 11.6 Å². The van der Waals surface area contributed by atoms with Crippen LogP contribution >= 0.6 is 0 Å². The molecule has 4 rings (SSSR count). The van der Waals surface area contributed by atoms with E-state index in [2.05, 4.69) is 5.32 Å². The Hall–Kier alpha value is -3.54. The highest BCUT2D eigenvalue weighted by atomic mass is 19.4. The summed E-state index contributed by atoms with van der Waals surface area (Å²) in [6.07, 6.45) is -3.50. The third-order valence-electron chi connectivity index (χ3n) is 7.32. The second kappa shape index (κ2) is 9.25. The Labute approximate surface area is 202 Å². The van der Waals surface area contributed by atoms with Crippen molar-refractivity contribution in [1.29, 1.82) is 5.26 Å². The smallest absolute Gasteiger partial charge is 0.371 e. The van der Waals surface area contributed by atoms with Gasteiger partial charge < -0.3 is 15.1 Å². The van der Waals surface area contributed by atoms with Gasteiger partial charge >= 0.3 is 6.18 Å². The SMILES string of the molecule is CNC(=O)C1CN(C(=O)c2cccc(C)c2)CC12CCN(c1ccc(C#N)c(C(F)(F)F)c1)CC2. The molecule has 0 radical (unpaired) electrons. The van der Waals surface area contributed by atoms with Crippen LogP contribution in [0.25, 0.3) is 0 Å². The van der Waals surface area contributed by atoms with Crippen molar-refractivity contribution in [3.63, 3.8) is 0 Å². The number of benzene rings is 2. The first-order valence-electron chi connectivity index (χ1n) is 11.5. The summed E-state index contributed by atoms with van der Waals surface area (Å²) < 4.78 is 40.3. The summed E-state index contributed by atoms with van der Waals surface area (Å²) in [6, 6.07) is 12.7. The summed E-state index contributed by atoms with van der Waals surface area (Å²) in [5.74, 6) is -0.644. The van der Waals surface area contributed by atoms with Gasteiger partial charge in [-0.05, 0) is 50.1 Å². The number of likely N-dealkylation sites (tertiary alicyclic amines) is 1. The number of aryl methyl sites for hydroxylation is 1. The minimum atomic E-state index is -4.62. The maximum absolute atomic E-state index is 13.4. The standard InChI is InChI=1S/C26H27F3N4O2/c1-17-4-3-5-18(12-17)24(35)33-15-22(23(34)31-2)25(16-33)8-10-32(11-9-25)20-7-6-19(14-30)21(13-20)26(27,28)29/h3-7,12-13,22H,8-11,15-16H2,1-2H3,(H,31,34). The molecule has 1 atom stereocenters. The summed E-state index contributed by atoms with van der Waals surface area (Å²) in [5.41, 5.74) is 0.143. The number of carbonyl (C=O) groups excluding carboxylic acids is 2. The number of amides is 2. The fourth-order valence-corrected chi connectivity index (χ4v) is 5.40. The van der Waals surface area contributed by atoms with E-state index in [0.29, 0.717) is 50.3 Å². The van der Waals surface area contributed by atoms with Crippen molar-refractivity contribution >= 4 is 17.5 Å². The van der Waals surface area contributed by atoms with Crippen molar-refractivity contribution in [3.05, 3.63) is 64.7 Å². The van der Waals surface area contributed by atoms with E-state index >= 15 is 0 Å². The van der Waals surface area contributed by atoms with Crippen molar-refractivity contribution in [2.75, 3.05) is 38.1 Å². The van der Waals surface area contributed by atoms with Crippen molar-refractivity contribution in [2.24, 2.45) is 11.3 Å². The van der Waals surface area contributed by atoms with Gasteiger partial charge in [-0.15, -0.1) is 0 Å². The Morgan fingerprint density at radius 2 is 1.86 bits per heavy atom. The molecule has 9 heteroatoms. The lowest BCUT2D eigenvalue weighted by Gasteiger charge is -2.43. The fraction of sp³-hybridized carbons (Fsp3) is 0.423. The number of alkyl halides is 3. The maximum atomic E-state index is 13.4. The molecule has 0 aromatic heterocycles. The van der Waals surface area contributed by atoms with Crippen LogP contribution in [0.3, 0.4) is 0 Å². The van der Waals surface area contributed by atoms with Gasteiger partial charge in [-0.3, -0.25) is 9.59 Å². The van der Waals surface area contributed by atoms with Gasteiger partial charge in [0.1, 0.15) is 0 Å². The van der Waals surface area contributed by atoms with Crippen LogP contribution in [0.15, 0.2) is 42.5 Å². The lowest BCUT2D eigenvalue weighted by atomic mass is 9.70. The number of rotatable bonds is 3. The van der Waals surface area contributed by atoms with E-state index < -0.39 is 28.6 Å². The summed E-state index contributed by atoms with van der Waals surface area (Å²) >= 11 is 0. The lowest BCUT2D eigenvalue weighted by Crippen LogP contribution is -2.48. The zero-order valence-corrected chi connectivity index (χ0v) is 19.7. The number of nitriles is 1. The average molecular weight is 485 g/mol. The molecule has 0 saturated carbocycles. The molecule has 2 heterocycles. The topological polar surface area (TPSA) is 76.4 Å². The summed E-state index contributed by atoms with van der Waals surface area (Å²) in [5, 5.41) is 11.8. The van der Waals surface area contributed by atoms with Crippen molar-refractivity contribution in [1.82, 2.24) is 10.2 Å². The van der Waals surface area contributed by atoms with E-state index in [-0.39, 0.29) is 11.8 Å². The van der Waals surface area contributed by atoms with Crippen LogP contribution in [-0.4, -0.2) is 49.9 Å². The van der Waals surface area contributed by atoms with Gasteiger partial charge in [0, 0.05) is 49.9 Å². The normalized spacial score (nSPS) is 19.5. The van der Waals surface area contributed by atoms with Gasteiger partial charge in [-0.2, -0.15) is 18.4 Å². The van der Waals surface area contributed by atoms with Crippen LogP contribution in [-0.2, 0) is 11.0 Å². The fourth-order valence-electron chi connectivity index (χ4n) is 5.40. The molecule has 2 aromatic carbocycles. The second-order valence-corrected chi connectivity index (χ2v) is 9.41. The highest BCUT2D eigenvalue weighted by Crippen LogP contribution is 2.46. The van der Waals surface area contributed by atoms with Crippen molar-refractivity contribution in [2.45, 2.75) is 25.9 Å². The first kappa shape index (κ1) is 24.6. The summed E-state index contributed by atoms with van der Waals surface area (Å²) in [7, 11) is 1.58. The molecule has 184 valence electrons. The Bertz CT molecular complexity index is 1180. The summed E-state index contributed by atoms with van der Waals surface area (Å²) in [4.78, 5) is 29.6. The van der Waals surface area contributed by atoms with Crippen LogP contribution in [0.1, 0.15) is 39.9 Å². The summed E-state index contributed by atoms with van der Waals surface area (Å²) in [6.45, 7) is 3.54. The first-order chi connectivity index (χ1) is 16.6. The Balaban J connectivity index is 1.55. The van der Waals surface area contributed by atoms with Crippen molar-refractivity contribution in [3.8, 4) is 6.07 Å². The Morgan fingerprint density at radius 3 is 2.46 bits per heavy atom. The molecule has 2 aliphatic heterocycles. The highest BCUT2D eigenvalue weighted by Gasteiger charge is 2.52. The van der Waals surface area contributed by atoms with Crippen LogP contribution in [0.5, 0.6) is 0 Å². The predicted octanol–water partition coefficient (Wildman–Crippen LogP) is 3.99. The highest BCUT2D eigenvalue weighted by molar-refractivity contribution is 5.95. The van der Waals surface area contributed by atoms with Crippen LogP contribution in [0, 0.1) is 29.6 Å². The number of hydrogen-bond acceptors (Lipinski definition) is 4. The van der Waals surface area contributed by atoms with Gasteiger partial charge in [-0.1, -0.05) is 17.7 Å². The van der Waals surface area contributed by atoms with Gasteiger partial charge in [0.15, 0.2) is 0 Å². The van der Waals surface area contributed by atoms with E-state index in [1.165, 1.54) is 12.1 Å². The number of anilines is 1. The monoisotopic (exact) mass is 484 g/mol. The first-order valence-corrected chi connectivity index (χ1v) is 11.5. The average Bonchev–Trinajstić information content (AvgIpc) is 3.21. The molecule has 35 heavy (non-hydrogen) atoms. The quantitative estimate of drug-likeness (QED) is 0.715. The van der Waals surface area contributed by atoms with Gasteiger partial charge in [0.25, 0.3) is 5.91 Å². The number of nitrogens with zero attached hydrogens (tertiary/aromatic N) is 3.